The van der Waals surface area contributed by atoms with Gasteiger partial charge in [0.1, 0.15) is 11.7 Å². The predicted octanol–water partition coefficient (Wildman–Crippen LogP) is 3.76. The van der Waals surface area contributed by atoms with Crippen molar-refractivity contribution < 1.29 is 22.8 Å². The number of amides is 2. The summed E-state index contributed by atoms with van der Waals surface area (Å²) >= 11 is 0. The first-order valence-corrected chi connectivity index (χ1v) is 9.55. The second kappa shape index (κ2) is 8.04. The first-order chi connectivity index (χ1) is 14.0. The lowest BCUT2D eigenvalue weighted by molar-refractivity contribution is -0.137. The Kier molecular flexibility index (Phi) is 5.83. The van der Waals surface area contributed by atoms with Crippen molar-refractivity contribution in [3.63, 3.8) is 0 Å². The van der Waals surface area contributed by atoms with Gasteiger partial charge in [-0.25, -0.2) is 0 Å². The van der Waals surface area contributed by atoms with Crippen LogP contribution >= 0.6 is 0 Å². The molecular weight excluding hydrogens is 397 g/mol. The molecule has 0 aliphatic heterocycles. The molecule has 0 spiro atoms. The Morgan fingerprint density at radius 2 is 1.83 bits per heavy atom. The van der Waals surface area contributed by atoms with Gasteiger partial charge in [0.25, 0.3) is 5.91 Å². The quantitative estimate of drug-likeness (QED) is 0.799. The number of nitrogens with zero attached hydrogens (tertiary/aromatic N) is 3. The number of alkyl halides is 3. The van der Waals surface area contributed by atoms with E-state index in [0.29, 0.717) is 24.6 Å². The molecule has 30 heavy (non-hydrogen) atoms. The minimum Gasteiger partial charge on any atom is -0.349 e. The van der Waals surface area contributed by atoms with E-state index in [-0.39, 0.29) is 17.6 Å². The highest BCUT2D eigenvalue weighted by molar-refractivity contribution is 5.97. The van der Waals surface area contributed by atoms with Gasteiger partial charge < -0.3 is 10.2 Å². The van der Waals surface area contributed by atoms with Gasteiger partial charge in [-0.1, -0.05) is 6.07 Å². The van der Waals surface area contributed by atoms with Crippen LogP contribution in [0.2, 0.25) is 0 Å². The van der Waals surface area contributed by atoms with Crippen molar-refractivity contribution in [1.82, 2.24) is 20.2 Å². The number of nitrogens with one attached hydrogen (secondary N) is 1. The summed E-state index contributed by atoms with van der Waals surface area (Å²) in [5.74, 6) is -0.980. The zero-order valence-electron chi connectivity index (χ0n) is 16.9. The molecule has 2 amide bonds. The number of hydrogen-bond donors (Lipinski definition) is 1. The third-order valence-corrected chi connectivity index (χ3v) is 4.51. The van der Waals surface area contributed by atoms with Gasteiger partial charge in [0.2, 0.25) is 5.91 Å². The fourth-order valence-electron chi connectivity index (χ4n) is 3.08. The zero-order valence-corrected chi connectivity index (χ0v) is 16.9. The molecule has 2 aromatic rings. The van der Waals surface area contributed by atoms with E-state index in [1.165, 1.54) is 11.1 Å². The van der Waals surface area contributed by atoms with Crippen LogP contribution in [0.3, 0.4) is 0 Å². The molecule has 1 unspecified atom stereocenters. The largest absolute Gasteiger partial charge is 0.417 e. The van der Waals surface area contributed by atoms with Crippen molar-refractivity contribution in [3.8, 4) is 0 Å². The third-order valence-electron chi connectivity index (χ3n) is 4.51. The molecule has 0 aromatic carbocycles. The molecule has 0 bridgehead atoms. The molecule has 160 valence electrons. The van der Waals surface area contributed by atoms with Crippen LogP contribution in [0.25, 0.3) is 0 Å². The van der Waals surface area contributed by atoms with Crippen molar-refractivity contribution in [3.05, 3.63) is 59.7 Å². The van der Waals surface area contributed by atoms with Crippen molar-refractivity contribution in [2.75, 3.05) is 0 Å². The number of carbonyl (C=O) groups excluding carboxylic acids is 2. The van der Waals surface area contributed by atoms with Crippen molar-refractivity contribution >= 4 is 11.8 Å². The summed E-state index contributed by atoms with van der Waals surface area (Å²) in [7, 11) is 0. The molecule has 1 aliphatic rings. The lowest BCUT2D eigenvalue weighted by atomic mass is 10.0. The maximum atomic E-state index is 13.3. The predicted molar refractivity (Wildman–Crippen MR) is 103 cm³/mol. The van der Waals surface area contributed by atoms with Gasteiger partial charge in [-0.15, -0.1) is 0 Å². The number of hydrogen-bond acceptors (Lipinski definition) is 4. The van der Waals surface area contributed by atoms with Gasteiger partial charge in [0.15, 0.2) is 0 Å². The van der Waals surface area contributed by atoms with E-state index in [2.05, 4.69) is 15.3 Å². The fourth-order valence-corrected chi connectivity index (χ4v) is 3.08. The first-order valence-electron chi connectivity index (χ1n) is 9.55. The highest BCUT2D eigenvalue weighted by Crippen LogP contribution is 2.36. The Morgan fingerprint density at radius 1 is 1.13 bits per heavy atom. The Balaban J connectivity index is 1.98. The first kappa shape index (κ1) is 21.7. The van der Waals surface area contributed by atoms with Crippen LogP contribution < -0.4 is 5.32 Å². The minimum atomic E-state index is -4.55. The molecule has 9 heteroatoms. The standard InChI is InChI=1S/C21H23F3N4O2/c1-20(2,3)27-18(29)17(13-5-4-10-25-11-13)28(15-7-8-15)19(30)16-9-6-14(12-26-16)21(22,23)24/h4-6,9-12,15,17H,7-8H2,1-3H3,(H,27,29). The van der Waals surface area contributed by atoms with Gasteiger partial charge >= 0.3 is 6.18 Å². The Morgan fingerprint density at radius 3 is 2.30 bits per heavy atom. The average molecular weight is 420 g/mol. The number of rotatable bonds is 5. The van der Waals surface area contributed by atoms with Crippen LogP contribution in [0.5, 0.6) is 0 Å². The van der Waals surface area contributed by atoms with Crippen LogP contribution in [0, 0.1) is 0 Å². The van der Waals surface area contributed by atoms with Crippen LogP contribution in [-0.4, -0.2) is 38.3 Å². The van der Waals surface area contributed by atoms with Crippen LogP contribution in [0.1, 0.15) is 61.3 Å². The molecular formula is C21H23F3N4O2. The van der Waals surface area contributed by atoms with Crippen molar-refractivity contribution in [2.45, 2.75) is 57.4 Å². The Labute approximate surface area is 172 Å². The molecule has 6 nitrogen and oxygen atoms in total. The van der Waals surface area contributed by atoms with Gasteiger partial charge in [-0.3, -0.25) is 19.6 Å². The maximum Gasteiger partial charge on any atom is 0.417 e. The monoisotopic (exact) mass is 420 g/mol. The van der Waals surface area contributed by atoms with E-state index in [1.807, 2.05) is 20.8 Å². The zero-order chi connectivity index (χ0) is 22.1. The summed E-state index contributed by atoms with van der Waals surface area (Å²) < 4.78 is 38.5. The SMILES string of the molecule is CC(C)(C)NC(=O)C(c1cccnc1)N(C(=O)c1ccc(C(F)(F)F)cn1)C1CC1. The number of halogens is 3. The average Bonchev–Trinajstić information content (AvgIpc) is 3.49. The summed E-state index contributed by atoms with van der Waals surface area (Å²) in [5, 5.41) is 2.89. The van der Waals surface area contributed by atoms with Gasteiger partial charge in [0.05, 0.1) is 5.56 Å². The summed E-state index contributed by atoms with van der Waals surface area (Å²) in [6.45, 7) is 5.48. The van der Waals surface area contributed by atoms with Crippen molar-refractivity contribution in [1.29, 1.82) is 0 Å². The number of pyridine rings is 2. The maximum absolute atomic E-state index is 13.3. The minimum absolute atomic E-state index is 0.146. The lowest BCUT2D eigenvalue weighted by Gasteiger charge is -2.33. The molecule has 0 radical (unpaired) electrons. The number of aromatic nitrogens is 2. The molecule has 1 atom stereocenters. The smallest absolute Gasteiger partial charge is 0.349 e. The van der Waals surface area contributed by atoms with E-state index in [0.717, 1.165) is 12.1 Å². The summed E-state index contributed by atoms with van der Waals surface area (Å²) in [6.07, 6.45) is 0.554. The Hall–Kier alpha value is -2.97. The highest BCUT2D eigenvalue weighted by atomic mass is 19.4. The lowest BCUT2D eigenvalue weighted by Crippen LogP contribution is -2.50. The topological polar surface area (TPSA) is 75.2 Å². The molecule has 2 heterocycles. The second-order valence-corrected chi connectivity index (χ2v) is 8.30. The molecule has 1 aliphatic carbocycles. The molecule has 2 aromatic heterocycles. The Bertz CT molecular complexity index is 905. The molecule has 3 rings (SSSR count). The van der Waals surface area contributed by atoms with E-state index >= 15 is 0 Å². The van der Waals surface area contributed by atoms with Crippen molar-refractivity contribution in [2.24, 2.45) is 0 Å². The molecule has 1 saturated carbocycles. The summed E-state index contributed by atoms with van der Waals surface area (Å²) in [5.41, 5.74) is -1.10. The number of carbonyl (C=O) groups is 2. The van der Waals surface area contributed by atoms with Gasteiger partial charge in [-0.05, 0) is 51.8 Å². The van der Waals surface area contributed by atoms with Crippen LogP contribution in [0.15, 0.2) is 42.9 Å². The molecule has 0 saturated heterocycles. The summed E-state index contributed by atoms with van der Waals surface area (Å²) in [4.78, 5) is 35.6. The molecule has 1 N–H and O–H groups in total. The van der Waals surface area contributed by atoms with E-state index in [1.54, 1.807) is 18.3 Å². The van der Waals surface area contributed by atoms with Crippen LogP contribution in [0.4, 0.5) is 13.2 Å². The van der Waals surface area contributed by atoms with Crippen LogP contribution in [-0.2, 0) is 11.0 Å². The fraction of sp³-hybridized carbons (Fsp3) is 0.429. The van der Waals surface area contributed by atoms with E-state index in [4.69, 9.17) is 0 Å². The highest BCUT2D eigenvalue weighted by Gasteiger charge is 2.43. The molecule has 1 fully saturated rings. The van der Waals surface area contributed by atoms with Gasteiger partial charge in [0, 0.05) is 35.7 Å². The second-order valence-electron chi connectivity index (χ2n) is 8.30. The van der Waals surface area contributed by atoms with Gasteiger partial charge in [-0.2, -0.15) is 13.2 Å². The summed E-state index contributed by atoms with van der Waals surface area (Å²) in [6, 6.07) is 4.06. The normalized spacial score (nSPS) is 15.4. The third kappa shape index (κ3) is 5.14. The van der Waals surface area contributed by atoms with E-state index in [9.17, 15) is 22.8 Å². The van der Waals surface area contributed by atoms with E-state index < -0.39 is 29.2 Å².